The van der Waals surface area contributed by atoms with Gasteiger partial charge in [0.05, 0.1) is 12.3 Å². The number of aromatic nitrogens is 2. The van der Waals surface area contributed by atoms with Crippen molar-refractivity contribution in [2.45, 2.75) is 31.3 Å². The summed E-state index contributed by atoms with van der Waals surface area (Å²) in [6.07, 6.45) is 6.95. The molecule has 2 unspecified atom stereocenters. The smallest absolute Gasteiger partial charge is 0.333 e. The quantitative estimate of drug-likeness (QED) is 0.541. The van der Waals surface area contributed by atoms with Crippen LogP contribution in [0, 0.1) is 0 Å². The number of hydrogen-bond acceptors (Lipinski definition) is 5. The molecule has 2 aromatic heterocycles. The van der Waals surface area contributed by atoms with Crippen LogP contribution in [0.15, 0.2) is 61.1 Å². The zero-order valence-electron chi connectivity index (χ0n) is 16.8. The molecule has 2 heterocycles. The van der Waals surface area contributed by atoms with Gasteiger partial charge >= 0.3 is 5.97 Å². The molecule has 0 saturated carbocycles. The molecule has 0 saturated heterocycles. The average Bonchev–Trinajstić information content (AvgIpc) is 3.09. The zero-order chi connectivity index (χ0) is 20.9. The number of methoxy groups -OCH3 is 1. The highest BCUT2D eigenvalue weighted by Gasteiger charge is 2.29. The molecule has 0 spiro atoms. The molecule has 4 rings (SSSR count). The number of carboxylic acids is 1. The van der Waals surface area contributed by atoms with E-state index in [1.165, 1.54) is 23.8 Å². The van der Waals surface area contributed by atoms with Crippen molar-refractivity contribution in [1.29, 1.82) is 0 Å². The van der Waals surface area contributed by atoms with Crippen molar-refractivity contribution < 1.29 is 19.4 Å². The van der Waals surface area contributed by atoms with Crippen molar-refractivity contribution in [3.63, 3.8) is 0 Å². The van der Waals surface area contributed by atoms with Crippen LogP contribution < -0.4 is 4.74 Å². The van der Waals surface area contributed by atoms with Crippen LogP contribution in [0.2, 0.25) is 0 Å². The predicted molar refractivity (Wildman–Crippen MR) is 113 cm³/mol. The van der Waals surface area contributed by atoms with Crippen LogP contribution in [0.3, 0.4) is 0 Å². The van der Waals surface area contributed by atoms with Crippen LogP contribution in [0.4, 0.5) is 0 Å². The maximum Gasteiger partial charge on any atom is 0.333 e. The van der Waals surface area contributed by atoms with Gasteiger partial charge in [-0.1, -0.05) is 18.2 Å². The third kappa shape index (κ3) is 4.19. The van der Waals surface area contributed by atoms with E-state index in [0.29, 0.717) is 13.0 Å². The molecule has 0 bridgehead atoms. The molecule has 6 nitrogen and oxygen atoms in total. The van der Waals surface area contributed by atoms with Gasteiger partial charge in [0.25, 0.3) is 0 Å². The highest BCUT2D eigenvalue weighted by molar-refractivity contribution is 5.76. The van der Waals surface area contributed by atoms with E-state index in [4.69, 9.17) is 14.6 Å². The molecular weight excluding hydrogens is 380 g/mol. The number of rotatable bonds is 9. The van der Waals surface area contributed by atoms with Crippen molar-refractivity contribution in [3.8, 4) is 16.9 Å². The summed E-state index contributed by atoms with van der Waals surface area (Å²) in [6.45, 7) is 0.601. The lowest BCUT2D eigenvalue weighted by Gasteiger charge is -2.13. The van der Waals surface area contributed by atoms with Crippen LogP contribution in [0.1, 0.15) is 35.6 Å². The molecule has 3 aromatic rings. The second-order valence-electron chi connectivity index (χ2n) is 7.35. The lowest BCUT2D eigenvalue weighted by Crippen LogP contribution is -2.24. The molecule has 1 aliphatic rings. The molecule has 1 aliphatic carbocycles. The number of carboxylic acid groups (broad SMARTS) is 1. The Hall–Kier alpha value is -3.25. The van der Waals surface area contributed by atoms with Crippen molar-refractivity contribution >= 4 is 5.97 Å². The summed E-state index contributed by atoms with van der Waals surface area (Å²) in [5, 5.41) is 9.09. The van der Waals surface area contributed by atoms with E-state index in [1.807, 2.05) is 48.9 Å². The van der Waals surface area contributed by atoms with E-state index in [1.54, 1.807) is 0 Å². The molecule has 0 fully saturated rings. The van der Waals surface area contributed by atoms with Crippen LogP contribution in [0.25, 0.3) is 11.1 Å². The van der Waals surface area contributed by atoms with Crippen LogP contribution in [0.5, 0.6) is 5.75 Å². The summed E-state index contributed by atoms with van der Waals surface area (Å²) in [5.41, 5.74) is 5.68. The largest absolute Gasteiger partial charge is 0.494 e. The number of pyridine rings is 2. The van der Waals surface area contributed by atoms with Crippen molar-refractivity contribution in [2.24, 2.45) is 0 Å². The van der Waals surface area contributed by atoms with Crippen molar-refractivity contribution in [1.82, 2.24) is 9.97 Å². The fraction of sp³-hybridized carbons (Fsp3) is 0.292. The van der Waals surface area contributed by atoms with E-state index in [2.05, 4.69) is 22.1 Å². The maximum absolute atomic E-state index is 11.1. The third-order valence-electron chi connectivity index (χ3n) is 5.50. The molecule has 6 heteroatoms. The first-order valence-electron chi connectivity index (χ1n) is 10.0. The number of carbonyl (C=O) groups is 1. The fourth-order valence-corrected chi connectivity index (χ4v) is 3.98. The Morgan fingerprint density at radius 1 is 1.13 bits per heavy atom. The highest BCUT2D eigenvalue weighted by Crippen LogP contribution is 2.44. The minimum atomic E-state index is -0.961. The normalized spacial score (nSPS) is 15.3. The molecule has 1 aromatic carbocycles. The lowest BCUT2D eigenvalue weighted by atomic mass is 9.96. The number of hydrogen-bond donors (Lipinski definition) is 1. The van der Waals surface area contributed by atoms with E-state index < -0.39 is 12.1 Å². The van der Waals surface area contributed by atoms with E-state index >= 15 is 0 Å². The second kappa shape index (κ2) is 9.05. The molecular formula is C24H24N2O4. The highest BCUT2D eigenvalue weighted by atomic mass is 16.5. The number of benzene rings is 1. The lowest BCUT2D eigenvalue weighted by molar-refractivity contribution is -0.148. The average molecular weight is 404 g/mol. The van der Waals surface area contributed by atoms with Gasteiger partial charge in [0.1, 0.15) is 5.75 Å². The molecule has 2 atom stereocenters. The standard InChI is InChI=1S/C24H24N2O4/c1-29-22(24(27)28)14-16-6-8-17(9-7-16)30-13-3-5-20-21-15-25-12-10-18(21)19-4-2-11-26-23(19)20/h2,4,6-12,15,20,22H,3,5,13-14H2,1H3,(H,27,28). The Morgan fingerprint density at radius 2 is 1.97 bits per heavy atom. The predicted octanol–water partition coefficient (Wildman–Crippen LogP) is 4.09. The van der Waals surface area contributed by atoms with Gasteiger partial charge in [-0.05, 0) is 53.8 Å². The minimum absolute atomic E-state index is 0.248. The molecule has 30 heavy (non-hydrogen) atoms. The van der Waals surface area contributed by atoms with Gasteiger partial charge in [-0.25, -0.2) is 4.79 Å². The van der Waals surface area contributed by atoms with Gasteiger partial charge in [0, 0.05) is 43.6 Å². The first kappa shape index (κ1) is 20.0. The minimum Gasteiger partial charge on any atom is -0.494 e. The summed E-state index contributed by atoms with van der Waals surface area (Å²) >= 11 is 0. The van der Waals surface area contributed by atoms with Gasteiger partial charge in [-0.3, -0.25) is 9.97 Å². The van der Waals surface area contributed by atoms with Crippen LogP contribution in [-0.4, -0.2) is 40.9 Å². The molecule has 0 radical (unpaired) electrons. The Labute approximate surface area is 175 Å². The first-order valence-corrected chi connectivity index (χ1v) is 10.0. The number of fused-ring (bicyclic) bond motifs is 3. The SMILES string of the molecule is COC(Cc1ccc(OCCCC2c3cnccc3-c3cccnc32)cc1)C(=O)O. The molecule has 0 amide bonds. The topological polar surface area (TPSA) is 81.5 Å². The number of ether oxygens (including phenoxy) is 2. The summed E-state index contributed by atoms with van der Waals surface area (Å²) in [4.78, 5) is 20.0. The van der Waals surface area contributed by atoms with Crippen LogP contribution in [-0.2, 0) is 16.0 Å². The summed E-state index contributed by atoms with van der Waals surface area (Å²) in [6, 6.07) is 13.7. The first-order chi connectivity index (χ1) is 14.7. The van der Waals surface area contributed by atoms with Gasteiger partial charge in [-0.15, -0.1) is 0 Å². The Morgan fingerprint density at radius 3 is 2.73 bits per heavy atom. The van der Waals surface area contributed by atoms with Crippen molar-refractivity contribution in [3.05, 3.63) is 77.9 Å². The molecule has 0 aliphatic heterocycles. The monoisotopic (exact) mass is 404 g/mol. The zero-order valence-corrected chi connectivity index (χ0v) is 16.8. The Balaban J connectivity index is 1.32. The van der Waals surface area contributed by atoms with E-state index in [0.717, 1.165) is 29.8 Å². The van der Waals surface area contributed by atoms with Gasteiger partial charge < -0.3 is 14.6 Å². The second-order valence-corrected chi connectivity index (χ2v) is 7.35. The summed E-state index contributed by atoms with van der Waals surface area (Å²) < 4.78 is 10.9. The fourth-order valence-electron chi connectivity index (χ4n) is 3.98. The van der Waals surface area contributed by atoms with Crippen LogP contribution >= 0.6 is 0 Å². The van der Waals surface area contributed by atoms with E-state index in [9.17, 15) is 4.79 Å². The third-order valence-corrected chi connectivity index (χ3v) is 5.50. The van der Waals surface area contributed by atoms with Gasteiger partial charge in [0.15, 0.2) is 6.10 Å². The molecule has 1 N–H and O–H groups in total. The van der Waals surface area contributed by atoms with Gasteiger partial charge in [-0.2, -0.15) is 0 Å². The Kier molecular flexibility index (Phi) is 6.05. The number of nitrogens with zero attached hydrogens (tertiary/aromatic N) is 2. The summed E-state index contributed by atoms with van der Waals surface area (Å²) in [7, 11) is 1.41. The Bertz CT molecular complexity index is 974. The van der Waals surface area contributed by atoms with Crippen molar-refractivity contribution in [2.75, 3.05) is 13.7 Å². The maximum atomic E-state index is 11.1. The van der Waals surface area contributed by atoms with E-state index in [-0.39, 0.29) is 5.92 Å². The molecule has 154 valence electrons. The number of aliphatic carboxylic acids is 1. The van der Waals surface area contributed by atoms with Gasteiger partial charge in [0.2, 0.25) is 0 Å². The summed E-state index contributed by atoms with van der Waals surface area (Å²) in [5.74, 6) is 0.0607.